The summed E-state index contributed by atoms with van der Waals surface area (Å²) >= 11 is 0. The maximum atomic E-state index is 11.7. The van der Waals surface area contributed by atoms with Crippen molar-refractivity contribution in [1.29, 1.82) is 0 Å². The molecule has 0 radical (unpaired) electrons. The van der Waals surface area contributed by atoms with Crippen molar-refractivity contribution in [2.24, 2.45) is 0 Å². The predicted octanol–water partition coefficient (Wildman–Crippen LogP) is 1.94. The fourth-order valence-electron chi connectivity index (χ4n) is 1.85. The summed E-state index contributed by atoms with van der Waals surface area (Å²) in [4.78, 5) is 13.5. The molecule has 0 aromatic heterocycles. The molecule has 0 atom stereocenters. The number of likely N-dealkylation sites (N-methyl/N-ethyl adjacent to an activating group) is 1. The number of ether oxygens (including phenoxy) is 1. The Morgan fingerprint density at radius 1 is 1.38 bits per heavy atom. The maximum Gasteiger partial charge on any atom is 0.249 e. The summed E-state index contributed by atoms with van der Waals surface area (Å²) in [6, 6.07) is 7.72. The van der Waals surface area contributed by atoms with E-state index in [0.717, 1.165) is 29.9 Å². The number of amides is 1. The van der Waals surface area contributed by atoms with Gasteiger partial charge in [0.05, 0.1) is 7.11 Å². The molecule has 0 spiro atoms. The van der Waals surface area contributed by atoms with Crippen LogP contribution >= 0.6 is 0 Å². The smallest absolute Gasteiger partial charge is 0.249 e. The molecule has 3 heteroatoms. The van der Waals surface area contributed by atoms with Crippen molar-refractivity contribution in [1.82, 2.24) is 4.90 Å². The van der Waals surface area contributed by atoms with Gasteiger partial charge in [-0.1, -0.05) is 18.2 Å². The summed E-state index contributed by atoms with van der Waals surface area (Å²) in [6.45, 7) is 0.805. The highest BCUT2D eigenvalue weighted by Crippen LogP contribution is 2.24. The number of methoxy groups -OCH3 is 1. The Morgan fingerprint density at radius 3 is 2.75 bits per heavy atom. The quantitative estimate of drug-likeness (QED) is 0.708. The molecule has 84 valence electrons. The van der Waals surface area contributed by atoms with E-state index in [1.807, 2.05) is 37.4 Å². The van der Waals surface area contributed by atoms with Gasteiger partial charge in [0.25, 0.3) is 0 Å². The second-order valence-electron chi connectivity index (χ2n) is 3.89. The Balaban J connectivity index is 2.32. The van der Waals surface area contributed by atoms with Crippen LogP contribution in [-0.4, -0.2) is 31.5 Å². The molecule has 0 aliphatic carbocycles. The molecule has 0 saturated carbocycles. The van der Waals surface area contributed by atoms with E-state index in [-0.39, 0.29) is 5.91 Å². The molecule has 3 nitrogen and oxygen atoms in total. The highest BCUT2D eigenvalue weighted by atomic mass is 16.5. The van der Waals surface area contributed by atoms with Crippen LogP contribution in [-0.2, 0) is 4.79 Å². The molecule has 1 heterocycles. The molecule has 1 aliphatic heterocycles. The van der Waals surface area contributed by atoms with Crippen LogP contribution in [0.5, 0.6) is 5.75 Å². The van der Waals surface area contributed by atoms with Gasteiger partial charge in [0.1, 0.15) is 5.75 Å². The van der Waals surface area contributed by atoms with E-state index in [0.29, 0.717) is 0 Å². The van der Waals surface area contributed by atoms with E-state index in [1.54, 1.807) is 12.0 Å². The molecule has 0 unspecified atom stereocenters. The van der Waals surface area contributed by atoms with Crippen molar-refractivity contribution >= 4 is 12.0 Å². The average molecular weight is 217 g/mol. The first-order chi connectivity index (χ1) is 7.72. The minimum absolute atomic E-state index is 0.117. The fraction of sp³-hybridized carbons (Fsp3) is 0.308. The van der Waals surface area contributed by atoms with Crippen LogP contribution in [0.4, 0.5) is 0 Å². The predicted molar refractivity (Wildman–Crippen MR) is 63.2 cm³/mol. The average Bonchev–Trinajstić information content (AvgIpc) is 2.62. The third-order valence-electron chi connectivity index (χ3n) is 2.81. The molecule has 1 aromatic rings. The Labute approximate surface area is 95.3 Å². The molecule has 1 aromatic carbocycles. The van der Waals surface area contributed by atoms with Crippen molar-refractivity contribution in [2.45, 2.75) is 6.42 Å². The van der Waals surface area contributed by atoms with Crippen molar-refractivity contribution < 1.29 is 9.53 Å². The van der Waals surface area contributed by atoms with Gasteiger partial charge in [-0.15, -0.1) is 0 Å². The molecule has 0 N–H and O–H groups in total. The zero-order valence-corrected chi connectivity index (χ0v) is 9.56. The molecule has 1 aliphatic rings. The topological polar surface area (TPSA) is 29.5 Å². The lowest BCUT2D eigenvalue weighted by Gasteiger charge is -2.06. The number of carbonyl (C=O) groups excluding carboxylic acids is 1. The molecule has 16 heavy (non-hydrogen) atoms. The van der Waals surface area contributed by atoms with Crippen molar-refractivity contribution in [3.8, 4) is 5.75 Å². The van der Waals surface area contributed by atoms with Gasteiger partial charge in [-0.3, -0.25) is 4.79 Å². The number of para-hydroxylation sites is 1. The summed E-state index contributed by atoms with van der Waals surface area (Å²) in [7, 11) is 3.46. The lowest BCUT2D eigenvalue weighted by atomic mass is 10.1. The van der Waals surface area contributed by atoms with Gasteiger partial charge >= 0.3 is 0 Å². The minimum atomic E-state index is 0.117. The Bertz CT molecular complexity index is 437. The second-order valence-corrected chi connectivity index (χ2v) is 3.89. The van der Waals surface area contributed by atoms with Gasteiger partial charge in [-0.2, -0.15) is 0 Å². The Kier molecular flexibility index (Phi) is 2.95. The lowest BCUT2D eigenvalue weighted by Crippen LogP contribution is -2.18. The SMILES string of the molecule is COc1ccccc1/C=C1/CCN(C)C1=O. The second kappa shape index (κ2) is 4.39. The van der Waals surface area contributed by atoms with E-state index >= 15 is 0 Å². The van der Waals surface area contributed by atoms with Gasteiger partial charge in [0.2, 0.25) is 5.91 Å². The largest absolute Gasteiger partial charge is 0.496 e. The van der Waals surface area contributed by atoms with E-state index in [9.17, 15) is 4.79 Å². The summed E-state index contributed by atoms with van der Waals surface area (Å²) in [6.07, 6.45) is 2.73. The standard InChI is InChI=1S/C13H15NO2/c1-14-8-7-11(13(14)15)9-10-5-3-4-6-12(10)16-2/h3-6,9H,7-8H2,1-2H3/b11-9-. The van der Waals surface area contributed by atoms with Crippen LogP contribution < -0.4 is 4.74 Å². The summed E-state index contributed by atoms with van der Waals surface area (Å²) in [5, 5.41) is 0. The van der Waals surface area contributed by atoms with Gasteiger partial charge in [-0.05, 0) is 18.6 Å². The number of benzene rings is 1. The fourth-order valence-corrected chi connectivity index (χ4v) is 1.85. The van der Waals surface area contributed by atoms with E-state index in [4.69, 9.17) is 4.74 Å². The highest BCUT2D eigenvalue weighted by molar-refractivity contribution is 5.99. The number of likely N-dealkylation sites (tertiary alicyclic amines) is 1. The Morgan fingerprint density at radius 2 is 2.12 bits per heavy atom. The van der Waals surface area contributed by atoms with Gasteiger partial charge in [-0.25, -0.2) is 0 Å². The van der Waals surface area contributed by atoms with Crippen molar-refractivity contribution in [2.75, 3.05) is 20.7 Å². The molecule has 0 bridgehead atoms. The normalized spacial score (nSPS) is 18.2. The van der Waals surface area contributed by atoms with Crippen LogP contribution in [0.3, 0.4) is 0 Å². The molecule has 1 saturated heterocycles. The Hall–Kier alpha value is -1.77. The van der Waals surface area contributed by atoms with Crippen LogP contribution in [0, 0.1) is 0 Å². The molecule has 1 fully saturated rings. The number of hydrogen-bond acceptors (Lipinski definition) is 2. The summed E-state index contributed by atoms with van der Waals surface area (Å²) in [5.74, 6) is 0.920. The van der Waals surface area contributed by atoms with Gasteiger partial charge in [0, 0.05) is 24.7 Å². The van der Waals surface area contributed by atoms with E-state index < -0.39 is 0 Å². The molecular weight excluding hydrogens is 202 g/mol. The first-order valence-electron chi connectivity index (χ1n) is 5.31. The molecule has 1 amide bonds. The van der Waals surface area contributed by atoms with Crippen LogP contribution in [0.1, 0.15) is 12.0 Å². The van der Waals surface area contributed by atoms with Gasteiger partial charge < -0.3 is 9.64 Å². The van der Waals surface area contributed by atoms with E-state index in [2.05, 4.69) is 0 Å². The van der Waals surface area contributed by atoms with E-state index in [1.165, 1.54) is 0 Å². The number of carbonyl (C=O) groups is 1. The zero-order chi connectivity index (χ0) is 11.5. The van der Waals surface area contributed by atoms with Crippen molar-refractivity contribution in [3.05, 3.63) is 35.4 Å². The maximum absolute atomic E-state index is 11.7. The van der Waals surface area contributed by atoms with Crippen LogP contribution in [0.25, 0.3) is 6.08 Å². The van der Waals surface area contributed by atoms with Gasteiger partial charge in [0.15, 0.2) is 0 Å². The first-order valence-corrected chi connectivity index (χ1v) is 5.31. The first kappa shape index (κ1) is 10.7. The monoisotopic (exact) mass is 217 g/mol. The minimum Gasteiger partial charge on any atom is -0.496 e. The van der Waals surface area contributed by atoms with Crippen molar-refractivity contribution in [3.63, 3.8) is 0 Å². The number of hydrogen-bond donors (Lipinski definition) is 0. The number of nitrogens with zero attached hydrogens (tertiary/aromatic N) is 1. The zero-order valence-electron chi connectivity index (χ0n) is 9.56. The third kappa shape index (κ3) is 1.94. The van der Waals surface area contributed by atoms with Crippen LogP contribution in [0.15, 0.2) is 29.8 Å². The number of rotatable bonds is 2. The summed E-state index contributed by atoms with van der Waals surface area (Å²) < 4.78 is 5.25. The van der Waals surface area contributed by atoms with Crippen LogP contribution in [0.2, 0.25) is 0 Å². The summed E-state index contributed by atoms with van der Waals surface area (Å²) in [5.41, 5.74) is 1.82. The lowest BCUT2D eigenvalue weighted by molar-refractivity contribution is -0.123. The molecular formula is C13H15NO2. The highest BCUT2D eigenvalue weighted by Gasteiger charge is 2.22. The molecule has 2 rings (SSSR count). The third-order valence-corrected chi connectivity index (χ3v) is 2.81.